The van der Waals surface area contributed by atoms with Crippen LogP contribution < -0.4 is 4.74 Å². The van der Waals surface area contributed by atoms with E-state index in [4.69, 9.17) is 4.74 Å². The van der Waals surface area contributed by atoms with Crippen molar-refractivity contribution in [2.45, 2.75) is 37.3 Å². The molecule has 1 aromatic heterocycles. The van der Waals surface area contributed by atoms with Gasteiger partial charge in [-0.2, -0.15) is 16.9 Å². The number of rotatable bonds is 4. The Hall–Kier alpha value is -0.620. The minimum atomic E-state index is 0.00171. The predicted octanol–water partition coefficient (Wildman–Crippen LogP) is 2.89. The van der Waals surface area contributed by atoms with Crippen LogP contribution >= 0.6 is 23.5 Å². The highest BCUT2D eigenvalue weighted by Gasteiger charge is 2.34. The van der Waals surface area contributed by atoms with Gasteiger partial charge in [-0.1, -0.05) is 6.92 Å². The number of methoxy groups -OCH3 is 1. The summed E-state index contributed by atoms with van der Waals surface area (Å²) < 4.78 is 7.07. The predicted molar refractivity (Wildman–Crippen MR) is 81.7 cm³/mol. The molecule has 4 nitrogen and oxygen atoms in total. The van der Waals surface area contributed by atoms with E-state index in [2.05, 4.69) is 12.0 Å². The van der Waals surface area contributed by atoms with Crippen molar-refractivity contribution < 1.29 is 9.53 Å². The summed E-state index contributed by atoms with van der Waals surface area (Å²) in [6.07, 6.45) is 1.64. The normalized spacial score (nSPS) is 23.6. The van der Waals surface area contributed by atoms with Gasteiger partial charge >= 0.3 is 0 Å². The minimum absolute atomic E-state index is 0.00171. The number of Topliss-reactive ketones (excluding diaryl/α,β-unsaturated/α-hetero) is 1. The Morgan fingerprint density at radius 3 is 2.74 bits per heavy atom. The maximum Gasteiger partial charge on any atom is 0.198 e. The molecule has 2 heterocycles. The van der Waals surface area contributed by atoms with Crippen molar-refractivity contribution in [1.29, 1.82) is 0 Å². The average Bonchev–Trinajstić information content (AvgIpc) is 2.82. The summed E-state index contributed by atoms with van der Waals surface area (Å²) in [4.78, 5) is 12.8. The van der Waals surface area contributed by atoms with Crippen LogP contribution in [0.3, 0.4) is 0 Å². The van der Waals surface area contributed by atoms with Crippen LogP contribution in [0.15, 0.2) is 6.20 Å². The summed E-state index contributed by atoms with van der Waals surface area (Å²) in [5.41, 5.74) is 0.615. The lowest BCUT2D eigenvalue weighted by Crippen LogP contribution is -2.33. The molecule has 1 aromatic rings. The van der Waals surface area contributed by atoms with Crippen LogP contribution in [0, 0.1) is 0 Å². The number of nitrogens with zero attached hydrogens (tertiary/aromatic N) is 2. The Morgan fingerprint density at radius 2 is 2.16 bits per heavy atom. The van der Waals surface area contributed by atoms with Gasteiger partial charge in [-0.15, -0.1) is 11.8 Å². The molecule has 0 aliphatic carbocycles. The topological polar surface area (TPSA) is 44.1 Å². The molecule has 1 fully saturated rings. The second kappa shape index (κ2) is 6.22. The van der Waals surface area contributed by atoms with Gasteiger partial charge in [0.25, 0.3) is 0 Å². The molecule has 106 valence electrons. The van der Waals surface area contributed by atoms with Crippen molar-refractivity contribution in [3.8, 4) is 5.75 Å². The largest absolute Gasteiger partial charge is 0.493 e. The van der Waals surface area contributed by atoms with Gasteiger partial charge in [0.2, 0.25) is 0 Å². The third-order valence-corrected chi connectivity index (χ3v) is 6.24. The lowest BCUT2D eigenvalue weighted by molar-refractivity contribution is 0.0974. The van der Waals surface area contributed by atoms with Crippen molar-refractivity contribution in [2.24, 2.45) is 0 Å². The van der Waals surface area contributed by atoms with Gasteiger partial charge in [0, 0.05) is 22.8 Å². The van der Waals surface area contributed by atoms with E-state index in [9.17, 15) is 4.79 Å². The smallest absolute Gasteiger partial charge is 0.198 e. The fourth-order valence-corrected chi connectivity index (χ4v) is 4.88. The molecule has 0 aromatic carbocycles. The molecule has 2 atom stereocenters. The zero-order chi connectivity index (χ0) is 14.0. The molecule has 1 aliphatic heterocycles. The van der Waals surface area contributed by atoms with Gasteiger partial charge in [0.15, 0.2) is 11.5 Å². The van der Waals surface area contributed by atoms with Crippen LogP contribution in [0.5, 0.6) is 5.75 Å². The molecular formula is C13H20N2O2S2. The highest BCUT2D eigenvalue weighted by Crippen LogP contribution is 2.35. The van der Waals surface area contributed by atoms with Gasteiger partial charge < -0.3 is 4.74 Å². The van der Waals surface area contributed by atoms with Gasteiger partial charge in [0.05, 0.1) is 18.6 Å². The SMILES string of the molecule is COc1cnn(C(C)C)c1C(=O)C1SCCSC1C. The molecule has 1 aliphatic rings. The molecule has 19 heavy (non-hydrogen) atoms. The molecule has 1 saturated heterocycles. The molecule has 2 unspecified atom stereocenters. The van der Waals surface area contributed by atoms with E-state index in [1.54, 1.807) is 29.8 Å². The van der Waals surface area contributed by atoms with Crippen molar-refractivity contribution in [3.05, 3.63) is 11.9 Å². The van der Waals surface area contributed by atoms with Crippen LogP contribution in [-0.2, 0) is 0 Å². The van der Waals surface area contributed by atoms with Crippen LogP contribution in [-0.4, -0.2) is 44.7 Å². The third kappa shape index (κ3) is 2.94. The minimum Gasteiger partial charge on any atom is -0.493 e. The van der Waals surface area contributed by atoms with E-state index in [0.717, 1.165) is 11.5 Å². The summed E-state index contributed by atoms with van der Waals surface area (Å²) in [6, 6.07) is 0.152. The first kappa shape index (κ1) is 14.8. The second-order valence-electron chi connectivity index (χ2n) is 4.83. The Bertz CT molecular complexity index is 459. The first-order chi connectivity index (χ1) is 9.06. The Balaban J connectivity index is 2.34. The number of ketones is 1. The molecule has 2 rings (SSSR count). The third-order valence-electron chi connectivity index (χ3n) is 3.15. The number of ether oxygens (including phenoxy) is 1. The fourth-order valence-electron chi connectivity index (χ4n) is 2.18. The monoisotopic (exact) mass is 300 g/mol. The van der Waals surface area contributed by atoms with Crippen molar-refractivity contribution in [1.82, 2.24) is 9.78 Å². The standard InChI is InChI=1S/C13H20N2O2S2/c1-8(2)15-11(10(17-4)7-14-15)12(16)13-9(3)18-5-6-19-13/h7-9,13H,5-6H2,1-4H3. The van der Waals surface area contributed by atoms with Crippen LogP contribution in [0.1, 0.15) is 37.3 Å². The Labute approximate surface area is 122 Å². The van der Waals surface area contributed by atoms with E-state index < -0.39 is 0 Å². The van der Waals surface area contributed by atoms with E-state index in [0.29, 0.717) is 16.7 Å². The van der Waals surface area contributed by atoms with Gasteiger partial charge in [0.1, 0.15) is 5.69 Å². The van der Waals surface area contributed by atoms with E-state index in [1.807, 2.05) is 25.6 Å². The summed E-state index contributed by atoms with van der Waals surface area (Å²) >= 11 is 3.62. The summed E-state index contributed by atoms with van der Waals surface area (Å²) in [5, 5.41) is 4.62. The van der Waals surface area contributed by atoms with Crippen LogP contribution in [0.4, 0.5) is 0 Å². The van der Waals surface area contributed by atoms with Crippen LogP contribution in [0.2, 0.25) is 0 Å². The summed E-state index contributed by atoms with van der Waals surface area (Å²) in [5.74, 6) is 2.88. The number of aromatic nitrogens is 2. The van der Waals surface area contributed by atoms with Crippen molar-refractivity contribution in [3.63, 3.8) is 0 Å². The van der Waals surface area contributed by atoms with Gasteiger partial charge in [-0.25, -0.2) is 0 Å². The maximum absolute atomic E-state index is 12.8. The average molecular weight is 300 g/mol. The first-order valence-corrected chi connectivity index (χ1v) is 8.55. The van der Waals surface area contributed by atoms with E-state index in [1.165, 1.54) is 0 Å². The molecular weight excluding hydrogens is 280 g/mol. The van der Waals surface area contributed by atoms with Crippen molar-refractivity contribution >= 4 is 29.3 Å². The zero-order valence-corrected chi connectivity index (χ0v) is 13.4. The molecule has 6 heteroatoms. The van der Waals surface area contributed by atoms with E-state index in [-0.39, 0.29) is 17.1 Å². The summed E-state index contributed by atoms with van der Waals surface area (Å²) in [7, 11) is 1.59. The molecule has 0 spiro atoms. The maximum atomic E-state index is 12.8. The summed E-state index contributed by atoms with van der Waals surface area (Å²) in [6.45, 7) is 6.17. The molecule has 0 saturated carbocycles. The highest BCUT2D eigenvalue weighted by molar-refractivity contribution is 8.07. The zero-order valence-electron chi connectivity index (χ0n) is 11.8. The van der Waals surface area contributed by atoms with E-state index >= 15 is 0 Å². The second-order valence-corrected chi connectivity index (χ2v) is 7.57. The Morgan fingerprint density at radius 1 is 1.47 bits per heavy atom. The molecule has 0 N–H and O–H groups in total. The quantitative estimate of drug-likeness (QED) is 0.800. The lowest BCUT2D eigenvalue weighted by atomic mass is 10.1. The van der Waals surface area contributed by atoms with Crippen LogP contribution in [0.25, 0.3) is 0 Å². The highest BCUT2D eigenvalue weighted by atomic mass is 32.2. The fraction of sp³-hybridized carbons (Fsp3) is 0.692. The molecule has 0 amide bonds. The number of carbonyl (C=O) groups excluding carboxylic acids is 1. The van der Waals surface area contributed by atoms with Crippen molar-refractivity contribution in [2.75, 3.05) is 18.6 Å². The number of hydrogen-bond acceptors (Lipinski definition) is 5. The number of hydrogen-bond donors (Lipinski definition) is 0. The number of carbonyl (C=O) groups is 1. The van der Waals surface area contributed by atoms with Gasteiger partial charge in [-0.05, 0) is 13.8 Å². The number of thioether (sulfide) groups is 2. The molecule has 0 radical (unpaired) electrons. The lowest BCUT2D eigenvalue weighted by Gasteiger charge is -2.27. The molecule has 0 bridgehead atoms. The Kier molecular flexibility index (Phi) is 4.84. The first-order valence-electron chi connectivity index (χ1n) is 6.45. The van der Waals surface area contributed by atoms with Gasteiger partial charge in [-0.3, -0.25) is 9.48 Å².